The average Bonchev–Trinajstić information content (AvgIpc) is 3.20. The molecule has 2 aromatic heterocycles. The van der Waals surface area contributed by atoms with Gasteiger partial charge in [-0.1, -0.05) is 46.6 Å². The number of nitrogens with zero attached hydrogens (tertiary/aromatic N) is 3. The number of benzene rings is 1. The summed E-state index contributed by atoms with van der Waals surface area (Å²) in [5, 5.41) is 12.9. The molecule has 1 amide bonds. The smallest absolute Gasteiger partial charge is 0.234 e. The normalized spacial score (nSPS) is 11.1. The van der Waals surface area contributed by atoms with Crippen molar-refractivity contribution in [2.75, 3.05) is 11.1 Å². The van der Waals surface area contributed by atoms with Crippen molar-refractivity contribution in [2.45, 2.75) is 18.6 Å². The summed E-state index contributed by atoms with van der Waals surface area (Å²) in [6, 6.07) is 5.00. The second-order valence-corrected chi connectivity index (χ2v) is 10.8. The van der Waals surface area contributed by atoms with Crippen LogP contribution in [0.4, 0.5) is 5.69 Å². The van der Waals surface area contributed by atoms with Crippen molar-refractivity contribution in [1.82, 2.24) is 14.8 Å². The molecule has 28 heavy (non-hydrogen) atoms. The number of carbonyl (C=O) groups excluding carboxylic acids is 1. The molecule has 0 aliphatic carbocycles. The highest BCUT2D eigenvalue weighted by molar-refractivity contribution is 9.13. The van der Waals surface area contributed by atoms with Crippen molar-refractivity contribution < 1.29 is 4.79 Å². The second kappa shape index (κ2) is 9.68. The molecule has 0 aliphatic heterocycles. The first-order valence-corrected chi connectivity index (χ1v) is 12.3. The lowest BCUT2D eigenvalue weighted by Crippen LogP contribution is -2.15. The van der Waals surface area contributed by atoms with Gasteiger partial charge in [0.05, 0.1) is 35.2 Å². The summed E-state index contributed by atoms with van der Waals surface area (Å²) in [5.74, 6) is 0.667. The number of hydrogen-bond donors (Lipinski definition) is 1. The average molecular weight is 606 g/mol. The molecule has 2 heterocycles. The lowest BCUT2D eigenvalue weighted by atomic mass is 10.3. The second-order valence-electron chi connectivity index (χ2n) is 5.37. The van der Waals surface area contributed by atoms with Crippen molar-refractivity contribution in [3.05, 3.63) is 41.5 Å². The summed E-state index contributed by atoms with van der Waals surface area (Å²) < 4.78 is 3.92. The third kappa shape index (κ3) is 5.06. The van der Waals surface area contributed by atoms with Gasteiger partial charge in [0.15, 0.2) is 11.0 Å². The van der Waals surface area contributed by atoms with Crippen LogP contribution >= 0.6 is 89.8 Å². The fourth-order valence-electron chi connectivity index (χ4n) is 2.25. The van der Waals surface area contributed by atoms with Crippen LogP contribution in [-0.2, 0) is 11.3 Å². The molecule has 0 aliphatic rings. The summed E-state index contributed by atoms with van der Waals surface area (Å²) in [6.07, 6.45) is 0. The minimum Gasteiger partial charge on any atom is -0.324 e. The molecule has 5 nitrogen and oxygen atoms in total. The van der Waals surface area contributed by atoms with Gasteiger partial charge in [-0.05, 0) is 57.0 Å². The Morgan fingerprint density at radius 2 is 1.89 bits per heavy atom. The molecule has 148 valence electrons. The van der Waals surface area contributed by atoms with Gasteiger partial charge < -0.3 is 9.88 Å². The highest BCUT2D eigenvalue weighted by Gasteiger charge is 2.18. The van der Waals surface area contributed by atoms with E-state index in [4.69, 9.17) is 34.8 Å². The van der Waals surface area contributed by atoms with E-state index in [1.165, 1.54) is 23.9 Å². The molecule has 0 unspecified atom stereocenters. The minimum atomic E-state index is -0.237. The van der Waals surface area contributed by atoms with Crippen LogP contribution < -0.4 is 5.32 Å². The van der Waals surface area contributed by atoms with Crippen molar-refractivity contribution >= 4 is 101 Å². The molecule has 0 saturated heterocycles. The van der Waals surface area contributed by atoms with Crippen LogP contribution in [-0.4, -0.2) is 26.4 Å². The maximum absolute atomic E-state index is 12.3. The molecule has 1 aromatic carbocycles. The van der Waals surface area contributed by atoms with Crippen molar-refractivity contribution in [3.63, 3.8) is 0 Å². The van der Waals surface area contributed by atoms with E-state index in [1.807, 2.05) is 17.6 Å². The first kappa shape index (κ1) is 22.4. The zero-order valence-corrected chi connectivity index (χ0v) is 21.2. The Labute approximate surface area is 201 Å². The van der Waals surface area contributed by atoms with E-state index < -0.39 is 0 Å². The fourth-order valence-corrected chi connectivity index (χ4v) is 5.68. The summed E-state index contributed by atoms with van der Waals surface area (Å²) in [6.45, 7) is 2.68. The molecule has 0 radical (unpaired) electrons. The van der Waals surface area contributed by atoms with Crippen molar-refractivity contribution in [1.29, 1.82) is 0 Å². The maximum atomic E-state index is 12.3. The van der Waals surface area contributed by atoms with Crippen molar-refractivity contribution in [3.8, 4) is 10.7 Å². The number of amides is 1. The van der Waals surface area contributed by atoms with E-state index in [1.54, 1.807) is 11.3 Å². The standard InChI is InChI=1S/C16H11Br2Cl3N4OS2/c1-2-25-15(12-3-7(17)14(18)28-12)23-24-16(25)27-6-13(26)22-11-5-9(20)8(19)4-10(11)21/h3-5H,2,6H2,1H3,(H,22,26). The number of hydrogen-bond acceptors (Lipinski definition) is 5. The van der Waals surface area contributed by atoms with E-state index in [0.29, 0.717) is 32.5 Å². The van der Waals surface area contributed by atoms with Gasteiger partial charge in [-0.2, -0.15) is 0 Å². The third-order valence-electron chi connectivity index (χ3n) is 3.52. The van der Waals surface area contributed by atoms with Gasteiger partial charge in [0.25, 0.3) is 0 Å². The van der Waals surface area contributed by atoms with Gasteiger partial charge >= 0.3 is 0 Å². The number of rotatable bonds is 6. The highest BCUT2D eigenvalue weighted by atomic mass is 79.9. The largest absolute Gasteiger partial charge is 0.324 e. The predicted octanol–water partition coefficient (Wildman–Crippen LogP) is 7.24. The molecule has 12 heteroatoms. The number of thiophene rings is 1. The minimum absolute atomic E-state index is 0.145. The highest BCUT2D eigenvalue weighted by Crippen LogP contribution is 2.38. The van der Waals surface area contributed by atoms with Gasteiger partial charge in [-0.25, -0.2) is 0 Å². The summed E-state index contributed by atoms with van der Waals surface area (Å²) in [4.78, 5) is 13.3. The Morgan fingerprint density at radius 3 is 2.54 bits per heavy atom. The molecule has 1 N–H and O–H groups in total. The quantitative estimate of drug-likeness (QED) is 0.238. The van der Waals surface area contributed by atoms with Crippen LogP contribution in [0.2, 0.25) is 15.1 Å². The van der Waals surface area contributed by atoms with Crippen molar-refractivity contribution in [2.24, 2.45) is 0 Å². The molecule has 3 rings (SSSR count). The third-order valence-corrected chi connectivity index (χ3v) is 8.77. The van der Waals surface area contributed by atoms with Crippen LogP contribution in [0.3, 0.4) is 0 Å². The van der Waals surface area contributed by atoms with E-state index >= 15 is 0 Å². The molecular weight excluding hydrogens is 595 g/mol. The first-order valence-electron chi connectivity index (χ1n) is 7.75. The lowest BCUT2D eigenvalue weighted by Gasteiger charge is -2.09. The topological polar surface area (TPSA) is 59.8 Å². The zero-order valence-electron chi connectivity index (χ0n) is 14.1. The van der Waals surface area contributed by atoms with Gasteiger partial charge in [-0.15, -0.1) is 21.5 Å². The maximum Gasteiger partial charge on any atom is 0.234 e. The van der Waals surface area contributed by atoms with Crippen LogP contribution in [0, 0.1) is 0 Å². The van der Waals surface area contributed by atoms with Gasteiger partial charge in [0.1, 0.15) is 0 Å². The van der Waals surface area contributed by atoms with Crippen LogP contribution in [0.25, 0.3) is 10.7 Å². The number of anilines is 1. The van der Waals surface area contributed by atoms with Gasteiger partial charge in [0.2, 0.25) is 5.91 Å². The zero-order chi connectivity index (χ0) is 20.4. The summed E-state index contributed by atoms with van der Waals surface area (Å²) >= 11 is 27.8. The number of halogens is 5. The number of thioether (sulfide) groups is 1. The summed E-state index contributed by atoms with van der Waals surface area (Å²) in [7, 11) is 0. The van der Waals surface area contributed by atoms with E-state index in [-0.39, 0.29) is 11.7 Å². The molecule has 0 bridgehead atoms. The number of aromatic nitrogens is 3. The monoisotopic (exact) mass is 602 g/mol. The Bertz CT molecular complexity index is 1020. The lowest BCUT2D eigenvalue weighted by molar-refractivity contribution is -0.113. The Balaban J connectivity index is 1.71. The Hall–Kier alpha value is -0.290. The molecule has 0 atom stereocenters. The first-order chi connectivity index (χ1) is 13.3. The molecule has 0 spiro atoms. The number of nitrogens with one attached hydrogen (secondary N) is 1. The van der Waals surface area contributed by atoms with Crippen LogP contribution in [0.5, 0.6) is 0 Å². The van der Waals surface area contributed by atoms with E-state index in [9.17, 15) is 4.79 Å². The van der Waals surface area contributed by atoms with Gasteiger partial charge in [0, 0.05) is 11.0 Å². The van der Waals surface area contributed by atoms with E-state index in [2.05, 4.69) is 47.4 Å². The van der Waals surface area contributed by atoms with Crippen LogP contribution in [0.1, 0.15) is 6.92 Å². The Morgan fingerprint density at radius 1 is 1.18 bits per heavy atom. The molecule has 0 fully saturated rings. The van der Waals surface area contributed by atoms with E-state index in [0.717, 1.165) is 19.0 Å². The fraction of sp³-hybridized carbons (Fsp3) is 0.188. The molecule has 0 saturated carbocycles. The predicted molar refractivity (Wildman–Crippen MR) is 125 cm³/mol. The van der Waals surface area contributed by atoms with Crippen LogP contribution in [0.15, 0.2) is 31.6 Å². The Kier molecular flexibility index (Phi) is 7.74. The number of carbonyl (C=O) groups is 1. The summed E-state index contributed by atoms with van der Waals surface area (Å²) in [5.41, 5.74) is 0.410. The molecule has 3 aromatic rings. The van der Waals surface area contributed by atoms with Gasteiger partial charge in [-0.3, -0.25) is 4.79 Å². The molecular formula is C16H11Br2Cl3N4OS2. The SMILES string of the molecule is CCn1c(SCC(=O)Nc2cc(Cl)c(Cl)cc2Cl)nnc1-c1cc(Br)c(Br)s1.